The normalized spacial score (nSPS) is 31.4. The molecule has 5 heterocycles. The van der Waals surface area contributed by atoms with Crippen molar-refractivity contribution in [2.24, 2.45) is 11.8 Å². The van der Waals surface area contributed by atoms with Crippen LogP contribution >= 0.6 is 0 Å². The molecule has 3 aliphatic heterocycles. The average Bonchev–Trinajstić information content (AvgIpc) is 3.93. The molecule has 3 aromatic carbocycles. The molecule has 0 unspecified atom stereocenters. The van der Waals surface area contributed by atoms with Crippen molar-refractivity contribution in [1.29, 1.82) is 0 Å². The summed E-state index contributed by atoms with van der Waals surface area (Å²) in [6.45, 7) is 6.89. The molecular formula is C42H51N7. The first-order chi connectivity index (χ1) is 23.8. The van der Waals surface area contributed by atoms with E-state index in [2.05, 4.69) is 107 Å². The first-order valence-corrected chi connectivity index (χ1v) is 19.2. The largest absolute Gasteiger partial charge is 0.357 e. The number of anilines is 1. The number of benzene rings is 3. The molecule has 8 atom stereocenters. The van der Waals surface area contributed by atoms with E-state index in [1.54, 1.807) is 0 Å². The van der Waals surface area contributed by atoms with Crippen LogP contribution in [0.4, 0.5) is 5.69 Å². The summed E-state index contributed by atoms with van der Waals surface area (Å²) in [5, 5.41) is 7.79. The first-order valence-electron chi connectivity index (χ1n) is 19.2. The van der Waals surface area contributed by atoms with Gasteiger partial charge in [0.1, 0.15) is 11.6 Å². The summed E-state index contributed by atoms with van der Waals surface area (Å²) in [5.41, 5.74) is 9.99. The molecule has 10 rings (SSSR count). The molecule has 5 fully saturated rings. The van der Waals surface area contributed by atoms with E-state index in [0.717, 1.165) is 58.4 Å². The Bertz CT molecular complexity index is 1860. The minimum atomic E-state index is 0.120. The second-order valence-corrected chi connectivity index (χ2v) is 17.1. The Balaban J connectivity index is 0.976. The van der Waals surface area contributed by atoms with Crippen LogP contribution in [0.25, 0.3) is 22.1 Å². The lowest BCUT2D eigenvalue weighted by molar-refractivity contribution is 0.516. The van der Waals surface area contributed by atoms with Crippen LogP contribution in [0.1, 0.15) is 137 Å². The van der Waals surface area contributed by atoms with Gasteiger partial charge in [0.15, 0.2) is 0 Å². The van der Waals surface area contributed by atoms with E-state index in [9.17, 15) is 0 Å². The van der Waals surface area contributed by atoms with Gasteiger partial charge in [-0.3, -0.25) is 0 Å². The van der Waals surface area contributed by atoms with Crippen molar-refractivity contribution >= 4 is 27.8 Å². The third-order valence-corrected chi connectivity index (χ3v) is 13.1. The predicted octanol–water partition coefficient (Wildman–Crippen LogP) is 9.23. The number of H-pyrrole nitrogens is 2. The van der Waals surface area contributed by atoms with Gasteiger partial charge in [0, 0.05) is 17.8 Å². The molecule has 2 aromatic heterocycles. The summed E-state index contributed by atoms with van der Waals surface area (Å²) >= 11 is 0. The van der Waals surface area contributed by atoms with Crippen molar-refractivity contribution in [3.05, 3.63) is 89.0 Å². The minimum Gasteiger partial charge on any atom is -0.357 e. The number of aromatic nitrogens is 4. The molecule has 2 saturated carbocycles. The van der Waals surface area contributed by atoms with Gasteiger partial charge in [-0.1, -0.05) is 57.9 Å². The van der Waals surface area contributed by atoms with Crippen LogP contribution in [0.2, 0.25) is 0 Å². The number of aromatic amines is 2. The molecule has 5 aliphatic rings. The monoisotopic (exact) mass is 653 g/mol. The van der Waals surface area contributed by atoms with Gasteiger partial charge in [-0.25, -0.2) is 9.97 Å². The summed E-state index contributed by atoms with van der Waals surface area (Å²) in [7, 11) is 0. The van der Waals surface area contributed by atoms with E-state index in [-0.39, 0.29) is 17.5 Å². The molecule has 0 bridgehead atoms. The molecule has 0 amide bonds. The Labute approximate surface area is 290 Å². The molecule has 49 heavy (non-hydrogen) atoms. The van der Waals surface area contributed by atoms with Gasteiger partial charge < -0.3 is 25.5 Å². The van der Waals surface area contributed by atoms with Crippen LogP contribution in [-0.2, 0) is 5.41 Å². The minimum absolute atomic E-state index is 0.120. The summed E-state index contributed by atoms with van der Waals surface area (Å²) in [6.07, 6.45) is 12.7. The van der Waals surface area contributed by atoms with E-state index >= 15 is 0 Å². The van der Waals surface area contributed by atoms with Gasteiger partial charge in [-0.15, -0.1) is 0 Å². The maximum Gasteiger partial charge on any atom is 0.124 e. The topological polar surface area (TPSA) is 84.7 Å². The summed E-state index contributed by atoms with van der Waals surface area (Å²) in [5.74, 6) is 3.86. The maximum absolute atomic E-state index is 5.09. The average molecular weight is 654 g/mol. The van der Waals surface area contributed by atoms with Crippen molar-refractivity contribution in [3.8, 4) is 0 Å². The van der Waals surface area contributed by atoms with Crippen molar-refractivity contribution in [1.82, 2.24) is 30.6 Å². The van der Waals surface area contributed by atoms with E-state index in [1.807, 2.05) is 0 Å². The summed E-state index contributed by atoms with van der Waals surface area (Å²) < 4.78 is 0. The van der Waals surface area contributed by atoms with Gasteiger partial charge in [-0.2, -0.15) is 0 Å². The standard InChI is InChI=1S/C42H51N7/c1-42(2,3)28-12-14-29(15-13-28)49-38(26-10-16-32-34(22-26)47-40(45-32)36-20-24-6-4-8-30(24)43-36)18-19-39(49)27-11-17-33-35(23-27)48-41(46-33)37-21-25-7-5-9-31(25)44-37/h10-17,22-25,30-31,36-39,43-44H,4-9,18-21H2,1-3H3,(H,45,47)(H,46,48)/t24-,25-,30-,31-,36-,37-,38+,39+/m0/s1. The Morgan fingerprint density at radius 3 is 1.59 bits per heavy atom. The molecule has 7 nitrogen and oxygen atoms in total. The Morgan fingerprint density at radius 1 is 0.612 bits per heavy atom. The van der Waals surface area contributed by atoms with Gasteiger partial charge in [0.2, 0.25) is 0 Å². The van der Waals surface area contributed by atoms with Crippen LogP contribution in [0.3, 0.4) is 0 Å². The highest BCUT2D eigenvalue weighted by molar-refractivity contribution is 5.78. The predicted molar refractivity (Wildman–Crippen MR) is 198 cm³/mol. The maximum atomic E-state index is 5.09. The van der Waals surface area contributed by atoms with Crippen LogP contribution in [0.15, 0.2) is 60.7 Å². The fraction of sp³-hybridized carbons (Fsp3) is 0.524. The number of imidazole rings is 2. The van der Waals surface area contributed by atoms with Gasteiger partial charge in [-0.05, 0) is 122 Å². The van der Waals surface area contributed by atoms with Crippen molar-refractivity contribution in [3.63, 3.8) is 0 Å². The number of rotatable bonds is 5. The number of nitrogens with one attached hydrogen (secondary N) is 4. The van der Waals surface area contributed by atoms with Crippen molar-refractivity contribution < 1.29 is 0 Å². The van der Waals surface area contributed by atoms with E-state index in [0.29, 0.717) is 24.2 Å². The number of nitrogens with zero attached hydrogens (tertiary/aromatic N) is 3. The van der Waals surface area contributed by atoms with Crippen LogP contribution < -0.4 is 15.5 Å². The molecule has 2 aliphatic carbocycles. The van der Waals surface area contributed by atoms with Crippen molar-refractivity contribution in [2.75, 3.05) is 4.90 Å². The smallest absolute Gasteiger partial charge is 0.124 e. The summed E-state index contributed by atoms with van der Waals surface area (Å²) in [6, 6.07) is 25.9. The lowest BCUT2D eigenvalue weighted by Crippen LogP contribution is -2.26. The lowest BCUT2D eigenvalue weighted by atomic mass is 9.87. The highest BCUT2D eigenvalue weighted by Gasteiger charge is 2.40. The highest BCUT2D eigenvalue weighted by Crippen LogP contribution is 2.48. The van der Waals surface area contributed by atoms with Crippen LogP contribution in [0, 0.1) is 11.8 Å². The number of fused-ring (bicyclic) bond motifs is 4. The molecule has 4 N–H and O–H groups in total. The van der Waals surface area contributed by atoms with Gasteiger partial charge in [0.25, 0.3) is 0 Å². The number of hydrogen-bond donors (Lipinski definition) is 4. The quantitative estimate of drug-likeness (QED) is 0.152. The molecular weight excluding hydrogens is 603 g/mol. The summed E-state index contributed by atoms with van der Waals surface area (Å²) in [4.78, 5) is 20.4. The zero-order valence-corrected chi connectivity index (χ0v) is 29.3. The zero-order chi connectivity index (χ0) is 32.9. The molecule has 0 radical (unpaired) electrons. The third-order valence-electron chi connectivity index (χ3n) is 13.1. The Kier molecular flexibility index (Phi) is 7.03. The Morgan fingerprint density at radius 2 is 1.12 bits per heavy atom. The van der Waals surface area contributed by atoms with Gasteiger partial charge >= 0.3 is 0 Å². The molecule has 7 heteroatoms. The molecule has 3 saturated heterocycles. The Hall–Kier alpha value is -3.68. The molecule has 5 aromatic rings. The van der Waals surface area contributed by atoms with Crippen molar-refractivity contribution in [2.45, 2.75) is 127 Å². The van der Waals surface area contributed by atoms with Crippen LogP contribution in [0.5, 0.6) is 0 Å². The SMILES string of the molecule is CC(C)(C)c1ccc(N2[C@@H](c3ccc4nc([C@@H]5C[C@@H]6CCC[C@@H]6N5)[nH]c4c3)CC[C@@H]2c2ccc3nc([C@@H]4C[C@@H]5CCC[C@@H]5N4)[nH]c3c2)cc1. The lowest BCUT2D eigenvalue weighted by Gasteiger charge is -2.34. The second kappa shape index (κ2) is 11.4. The van der Waals surface area contributed by atoms with Gasteiger partial charge in [0.05, 0.1) is 46.2 Å². The highest BCUT2D eigenvalue weighted by atomic mass is 15.2. The third kappa shape index (κ3) is 5.22. The second-order valence-electron chi connectivity index (χ2n) is 17.1. The van der Waals surface area contributed by atoms with E-state index in [1.165, 1.54) is 73.7 Å². The van der Waals surface area contributed by atoms with E-state index in [4.69, 9.17) is 9.97 Å². The fourth-order valence-electron chi connectivity index (χ4n) is 10.5. The van der Waals surface area contributed by atoms with E-state index < -0.39 is 0 Å². The number of hydrogen-bond acceptors (Lipinski definition) is 5. The molecule has 254 valence electrons. The first kappa shape index (κ1) is 30.2. The van der Waals surface area contributed by atoms with Crippen LogP contribution in [-0.4, -0.2) is 32.0 Å². The molecule has 0 spiro atoms. The fourth-order valence-corrected chi connectivity index (χ4v) is 10.5. The zero-order valence-electron chi connectivity index (χ0n) is 29.3.